The minimum Gasteiger partial charge on any atom is -0.352 e. The van der Waals surface area contributed by atoms with Crippen molar-refractivity contribution < 1.29 is 4.79 Å². The van der Waals surface area contributed by atoms with Gasteiger partial charge in [-0.1, -0.05) is 23.7 Å². The molecule has 1 atom stereocenters. The highest BCUT2D eigenvalue weighted by atomic mass is 35.5. The second-order valence-electron chi connectivity index (χ2n) is 3.73. The first-order valence-corrected chi connectivity index (χ1v) is 6.86. The average molecular weight is 309 g/mol. The van der Waals surface area contributed by atoms with Crippen LogP contribution in [0.2, 0.25) is 5.02 Å². The summed E-state index contributed by atoms with van der Waals surface area (Å²) in [7, 11) is 0. The van der Waals surface area contributed by atoms with Crippen molar-refractivity contribution in [2.24, 2.45) is 5.73 Å². The number of halogens is 2. The van der Waals surface area contributed by atoms with E-state index < -0.39 is 0 Å². The van der Waals surface area contributed by atoms with Crippen LogP contribution >= 0.6 is 35.8 Å². The Bertz CT molecular complexity index is 377. The number of rotatable bonds is 6. The lowest BCUT2D eigenvalue weighted by Crippen LogP contribution is -2.37. The number of hydrogen-bond acceptors (Lipinski definition) is 3. The van der Waals surface area contributed by atoms with Crippen LogP contribution in [0.1, 0.15) is 13.3 Å². The first kappa shape index (κ1) is 17.6. The van der Waals surface area contributed by atoms with E-state index in [1.807, 2.05) is 31.2 Å². The minimum atomic E-state index is 0. The van der Waals surface area contributed by atoms with Gasteiger partial charge in [0.1, 0.15) is 0 Å². The summed E-state index contributed by atoms with van der Waals surface area (Å²) in [5.74, 6) is 0.745. The standard InChI is InChI=1S/C12H17ClN2OS.ClH/c1-9(8-14)15-12(16)6-7-17-11-5-3-2-4-10(11)13;/h2-5,9H,6-8,14H2,1H3,(H,15,16);1H/t9-;/m0./s1. The van der Waals surface area contributed by atoms with Gasteiger partial charge in [-0.15, -0.1) is 24.2 Å². The van der Waals surface area contributed by atoms with Crippen LogP contribution in [0.4, 0.5) is 0 Å². The molecule has 102 valence electrons. The second-order valence-corrected chi connectivity index (χ2v) is 5.28. The van der Waals surface area contributed by atoms with E-state index in [0.29, 0.717) is 18.7 Å². The molecule has 0 aromatic heterocycles. The Morgan fingerprint density at radius 1 is 1.50 bits per heavy atom. The predicted molar refractivity (Wildman–Crippen MR) is 80.7 cm³/mol. The third-order valence-electron chi connectivity index (χ3n) is 2.18. The van der Waals surface area contributed by atoms with Crippen molar-refractivity contribution in [1.29, 1.82) is 0 Å². The smallest absolute Gasteiger partial charge is 0.221 e. The fraction of sp³-hybridized carbons (Fsp3) is 0.417. The topological polar surface area (TPSA) is 55.1 Å². The van der Waals surface area contributed by atoms with E-state index >= 15 is 0 Å². The molecule has 0 saturated carbocycles. The van der Waals surface area contributed by atoms with E-state index in [2.05, 4.69) is 5.32 Å². The van der Waals surface area contributed by atoms with Crippen molar-refractivity contribution in [3.8, 4) is 0 Å². The summed E-state index contributed by atoms with van der Waals surface area (Å²) in [5, 5.41) is 3.55. The van der Waals surface area contributed by atoms with Crippen molar-refractivity contribution in [3.63, 3.8) is 0 Å². The highest BCUT2D eigenvalue weighted by Gasteiger charge is 2.06. The van der Waals surface area contributed by atoms with E-state index in [0.717, 1.165) is 9.92 Å². The molecular formula is C12H18Cl2N2OS. The maximum Gasteiger partial charge on any atom is 0.221 e. The summed E-state index contributed by atoms with van der Waals surface area (Å²) in [6.45, 7) is 2.35. The largest absolute Gasteiger partial charge is 0.352 e. The van der Waals surface area contributed by atoms with Gasteiger partial charge in [-0.25, -0.2) is 0 Å². The van der Waals surface area contributed by atoms with E-state index in [1.54, 1.807) is 11.8 Å². The predicted octanol–water partition coefficient (Wildman–Crippen LogP) is 2.71. The van der Waals surface area contributed by atoms with Crippen molar-refractivity contribution in [2.75, 3.05) is 12.3 Å². The van der Waals surface area contributed by atoms with E-state index in [9.17, 15) is 4.79 Å². The third kappa shape index (κ3) is 6.50. The fourth-order valence-electron chi connectivity index (χ4n) is 1.22. The molecule has 0 radical (unpaired) electrons. The summed E-state index contributed by atoms with van der Waals surface area (Å²) in [4.78, 5) is 12.5. The molecule has 0 bridgehead atoms. The van der Waals surface area contributed by atoms with Gasteiger partial charge in [0.05, 0.1) is 5.02 Å². The summed E-state index contributed by atoms with van der Waals surface area (Å²) in [6.07, 6.45) is 0.472. The quantitative estimate of drug-likeness (QED) is 0.795. The second kappa shape index (κ2) is 9.50. The Balaban J connectivity index is 0.00000289. The molecule has 0 aliphatic heterocycles. The van der Waals surface area contributed by atoms with E-state index in [-0.39, 0.29) is 24.4 Å². The number of benzene rings is 1. The van der Waals surface area contributed by atoms with E-state index in [4.69, 9.17) is 17.3 Å². The molecule has 1 aromatic carbocycles. The third-order valence-corrected chi connectivity index (χ3v) is 3.70. The molecule has 0 saturated heterocycles. The molecule has 0 aliphatic rings. The summed E-state index contributed by atoms with van der Waals surface area (Å²) >= 11 is 7.59. The molecule has 18 heavy (non-hydrogen) atoms. The summed E-state index contributed by atoms with van der Waals surface area (Å²) in [5.41, 5.74) is 5.42. The van der Waals surface area contributed by atoms with E-state index in [1.165, 1.54) is 0 Å². The van der Waals surface area contributed by atoms with Crippen molar-refractivity contribution in [3.05, 3.63) is 29.3 Å². The number of thioether (sulfide) groups is 1. The van der Waals surface area contributed by atoms with Crippen LogP contribution in [-0.4, -0.2) is 24.2 Å². The van der Waals surface area contributed by atoms with Gasteiger partial charge in [-0.3, -0.25) is 4.79 Å². The first-order chi connectivity index (χ1) is 8.13. The SMILES string of the molecule is C[C@@H](CN)NC(=O)CCSc1ccccc1Cl.Cl. The molecule has 1 rings (SSSR count). The number of carbonyl (C=O) groups is 1. The molecular weight excluding hydrogens is 291 g/mol. The molecule has 0 heterocycles. The summed E-state index contributed by atoms with van der Waals surface area (Å²) in [6, 6.07) is 7.66. The lowest BCUT2D eigenvalue weighted by molar-refractivity contribution is -0.121. The zero-order valence-electron chi connectivity index (χ0n) is 10.2. The number of nitrogens with one attached hydrogen (secondary N) is 1. The van der Waals surface area contributed by atoms with Gasteiger partial charge in [0.15, 0.2) is 0 Å². The Morgan fingerprint density at radius 2 is 2.17 bits per heavy atom. The lowest BCUT2D eigenvalue weighted by Gasteiger charge is -2.11. The molecule has 6 heteroatoms. The number of carbonyl (C=O) groups excluding carboxylic acids is 1. The zero-order chi connectivity index (χ0) is 12.7. The average Bonchev–Trinajstić information content (AvgIpc) is 2.31. The molecule has 3 nitrogen and oxygen atoms in total. The molecule has 1 amide bonds. The summed E-state index contributed by atoms with van der Waals surface area (Å²) < 4.78 is 0. The first-order valence-electron chi connectivity index (χ1n) is 5.50. The van der Waals surface area contributed by atoms with Crippen LogP contribution in [0, 0.1) is 0 Å². The Hall–Kier alpha value is -0.420. The van der Waals surface area contributed by atoms with Crippen LogP contribution in [-0.2, 0) is 4.79 Å². The van der Waals surface area contributed by atoms with Gasteiger partial charge in [-0.05, 0) is 19.1 Å². The molecule has 3 N–H and O–H groups in total. The van der Waals surface area contributed by atoms with Gasteiger partial charge in [0.25, 0.3) is 0 Å². The van der Waals surface area contributed by atoms with Crippen molar-refractivity contribution in [2.45, 2.75) is 24.3 Å². The Morgan fingerprint density at radius 3 is 2.78 bits per heavy atom. The molecule has 0 aliphatic carbocycles. The van der Waals surface area contributed by atoms with Gasteiger partial charge < -0.3 is 11.1 Å². The molecule has 0 spiro atoms. The molecule has 0 unspecified atom stereocenters. The Kier molecular flexibility index (Phi) is 9.28. The van der Waals surface area contributed by atoms with Crippen LogP contribution < -0.4 is 11.1 Å². The van der Waals surface area contributed by atoms with Crippen LogP contribution in [0.5, 0.6) is 0 Å². The number of amides is 1. The highest BCUT2D eigenvalue weighted by molar-refractivity contribution is 7.99. The van der Waals surface area contributed by atoms with Crippen LogP contribution in [0.3, 0.4) is 0 Å². The van der Waals surface area contributed by atoms with Crippen LogP contribution in [0.25, 0.3) is 0 Å². The van der Waals surface area contributed by atoms with Crippen molar-refractivity contribution >= 4 is 41.7 Å². The zero-order valence-corrected chi connectivity index (χ0v) is 12.6. The van der Waals surface area contributed by atoms with Crippen molar-refractivity contribution in [1.82, 2.24) is 5.32 Å². The molecule has 0 fully saturated rings. The normalized spacial score (nSPS) is 11.5. The number of hydrogen-bond donors (Lipinski definition) is 2. The lowest BCUT2D eigenvalue weighted by atomic mass is 10.3. The number of nitrogens with two attached hydrogens (primary N) is 1. The van der Waals surface area contributed by atoms with Gasteiger partial charge in [0, 0.05) is 29.7 Å². The fourth-order valence-corrected chi connectivity index (χ4v) is 2.41. The van der Waals surface area contributed by atoms with Gasteiger partial charge in [0.2, 0.25) is 5.91 Å². The monoisotopic (exact) mass is 308 g/mol. The maximum atomic E-state index is 11.5. The minimum absolute atomic E-state index is 0. The Labute approximate surface area is 123 Å². The van der Waals surface area contributed by atoms with Gasteiger partial charge >= 0.3 is 0 Å². The maximum absolute atomic E-state index is 11.5. The highest BCUT2D eigenvalue weighted by Crippen LogP contribution is 2.26. The molecule has 1 aromatic rings. The van der Waals surface area contributed by atoms with Crippen LogP contribution in [0.15, 0.2) is 29.2 Å². The van der Waals surface area contributed by atoms with Gasteiger partial charge in [-0.2, -0.15) is 0 Å².